The van der Waals surface area contributed by atoms with Gasteiger partial charge in [0, 0.05) is 17.6 Å². The van der Waals surface area contributed by atoms with E-state index in [1.807, 2.05) is 0 Å². The van der Waals surface area contributed by atoms with Gasteiger partial charge in [-0.3, -0.25) is 0 Å². The number of sulfonamides is 1. The first kappa shape index (κ1) is 14.4. The summed E-state index contributed by atoms with van der Waals surface area (Å²) in [6.45, 7) is 0.463. The maximum absolute atomic E-state index is 13.8. The second-order valence-corrected chi connectivity index (χ2v) is 7.23. The van der Waals surface area contributed by atoms with Gasteiger partial charge in [0.25, 0.3) is 0 Å². The normalized spacial score (nSPS) is 21.0. The largest absolute Gasteiger partial charge is 0.246 e. The van der Waals surface area contributed by atoms with E-state index in [9.17, 15) is 12.8 Å². The van der Waals surface area contributed by atoms with Crippen LogP contribution < -0.4 is 0 Å². The summed E-state index contributed by atoms with van der Waals surface area (Å²) >= 11 is 3.09. The average Bonchev–Trinajstić information content (AvgIpc) is 2.38. The standard InChI is InChI=1S/C12H12BrFN2O2S/c13-10-3-4-12(11(14)6-10)19(17,18)16-5-1-2-9(7-15)8-16/h3-4,6,9H,1-2,5,8H2. The summed E-state index contributed by atoms with van der Waals surface area (Å²) < 4.78 is 40.1. The van der Waals surface area contributed by atoms with Gasteiger partial charge in [-0.2, -0.15) is 9.57 Å². The molecule has 0 N–H and O–H groups in total. The lowest BCUT2D eigenvalue weighted by atomic mass is 10.0. The Bertz CT molecular complexity index is 627. The first-order chi connectivity index (χ1) is 8.95. The van der Waals surface area contributed by atoms with Crippen molar-refractivity contribution in [2.75, 3.05) is 13.1 Å². The molecule has 0 aliphatic carbocycles. The summed E-state index contributed by atoms with van der Waals surface area (Å²) in [5, 5.41) is 8.88. The summed E-state index contributed by atoms with van der Waals surface area (Å²) in [6, 6.07) is 5.93. The highest BCUT2D eigenvalue weighted by molar-refractivity contribution is 9.10. The van der Waals surface area contributed by atoms with Gasteiger partial charge in [-0.15, -0.1) is 0 Å². The number of hydrogen-bond acceptors (Lipinski definition) is 3. The van der Waals surface area contributed by atoms with Gasteiger partial charge in [0.15, 0.2) is 0 Å². The Hall–Kier alpha value is -0.970. The van der Waals surface area contributed by atoms with Crippen molar-refractivity contribution < 1.29 is 12.8 Å². The van der Waals surface area contributed by atoms with E-state index in [4.69, 9.17) is 5.26 Å². The van der Waals surface area contributed by atoms with Gasteiger partial charge in [0.1, 0.15) is 10.7 Å². The minimum absolute atomic E-state index is 0.133. The molecule has 19 heavy (non-hydrogen) atoms. The van der Waals surface area contributed by atoms with Gasteiger partial charge in [-0.25, -0.2) is 12.8 Å². The molecule has 1 aromatic carbocycles. The molecule has 1 saturated heterocycles. The molecule has 0 amide bonds. The van der Waals surface area contributed by atoms with Crippen molar-refractivity contribution in [3.05, 3.63) is 28.5 Å². The Kier molecular flexibility index (Phi) is 4.23. The van der Waals surface area contributed by atoms with E-state index in [1.54, 1.807) is 0 Å². The lowest BCUT2D eigenvalue weighted by Crippen LogP contribution is -2.39. The van der Waals surface area contributed by atoms with E-state index in [2.05, 4.69) is 22.0 Å². The van der Waals surface area contributed by atoms with Crippen LogP contribution in [0.5, 0.6) is 0 Å². The number of benzene rings is 1. The Morgan fingerprint density at radius 2 is 2.21 bits per heavy atom. The second kappa shape index (κ2) is 5.57. The molecule has 4 nitrogen and oxygen atoms in total. The highest BCUT2D eigenvalue weighted by Crippen LogP contribution is 2.26. The topological polar surface area (TPSA) is 61.2 Å². The molecule has 0 spiro atoms. The Morgan fingerprint density at radius 3 is 2.84 bits per heavy atom. The van der Waals surface area contributed by atoms with Crippen LogP contribution in [-0.2, 0) is 10.0 Å². The van der Waals surface area contributed by atoms with Crippen molar-refractivity contribution in [2.45, 2.75) is 17.7 Å². The maximum Gasteiger partial charge on any atom is 0.246 e. The number of halogens is 2. The molecule has 0 radical (unpaired) electrons. The molecule has 1 aliphatic heterocycles. The minimum Gasteiger partial charge on any atom is -0.207 e. The Balaban J connectivity index is 2.34. The summed E-state index contributed by atoms with van der Waals surface area (Å²) in [5.74, 6) is -1.10. The minimum atomic E-state index is -3.87. The molecular weight excluding hydrogens is 335 g/mol. The monoisotopic (exact) mass is 346 g/mol. The van der Waals surface area contributed by atoms with Crippen LogP contribution in [0.2, 0.25) is 0 Å². The molecule has 0 bridgehead atoms. The third-order valence-electron chi connectivity index (χ3n) is 3.08. The fraction of sp³-hybridized carbons (Fsp3) is 0.417. The van der Waals surface area contributed by atoms with Crippen molar-refractivity contribution in [1.82, 2.24) is 4.31 Å². The summed E-state index contributed by atoms with van der Waals surface area (Å²) in [6.07, 6.45) is 1.31. The van der Waals surface area contributed by atoms with E-state index in [0.29, 0.717) is 23.9 Å². The molecule has 1 atom stereocenters. The van der Waals surface area contributed by atoms with Gasteiger partial charge in [-0.05, 0) is 31.0 Å². The van der Waals surface area contributed by atoms with Crippen LogP contribution in [0.15, 0.2) is 27.6 Å². The molecular formula is C12H12BrFN2O2S. The zero-order valence-electron chi connectivity index (χ0n) is 10.0. The third-order valence-corrected chi connectivity index (χ3v) is 5.47. The molecule has 102 valence electrons. The Labute approximate surface area is 120 Å². The Morgan fingerprint density at radius 1 is 1.47 bits per heavy atom. The molecule has 1 aliphatic rings. The van der Waals surface area contributed by atoms with E-state index in [-0.39, 0.29) is 17.4 Å². The summed E-state index contributed by atoms with van der Waals surface area (Å²) in [5.41, 5.74) is 0. The first-order valence-electron chi connectivity index (χ1n) is 5.80. The third kappa shape index (κ3) is 2.96. The lowest BCUT2D eigenvalue weighted by Gasteiger charge is -2.28. The summed E-state index contributed by atoms with van der Waals surface area (Å²) in [4.78, 5) is -0.339. The van der Waals surface area contributed by atoms with E-state index in [0.717, 1.165) is 6.07 Å². The lowest BCUT2D eigenvalue weighted by molar-refractivity contribution is 0.304. The van der Waals surface area contributed by atoms with Crippen molar-refractivity contribution in [2.24, 2.45) is 5.92 Å². The molecule has 0 saturated carbocycles. The van der Waals surface area contributed by atoms with Crippen LogP contribution in [0, 0.1) is 23.1 Å². The summed E-state index contributed by atoms with van der Waals surface area (Å²) in [7, 11) is -3.87. The van der Waals surface area contributed by atoms with Crippen LogP contribution in [0.4, 0.5) is 4.39 Å². The zero-order chi connectivity index (χ0) is 14.0. The predicted octanol–water partition coefficient (Wildman–Crippen LogP) is 2.51. The van der Waals surface area contributed by atoms with Crippen molar-refractivity contribution in [1.29, 1.82) is 5.26 Å². The number of nitrogens with zero attached hydrogens (tertiary/aromatic N) is 2. The van der Waals surface area contributed by atoms with Gasteiger partial charge in [-0.1, -0.05) is 15.9 Å². The van der Waals surface area contributed by atoms with Crippen molar-refractivity contribution in [3.8, 4) is 6.07 Å². The molecule has 1 unspecified atom stereocenters. The van der Waals surface area contributed by atoms with Crippen LogP contribution in [-0.4, -0.2) is 25.8 Å². The van der Waals surface area contributed by atoms with E-state index >= 15 is 0 Å². The smallest absolute Gasteiger partial charge is 0.207 e. The molecule has 1 aromatic rings. The molecule has 7 heteroatoms. The fourth-order valence-corrected chi connectivity index (χ4v) is 3.99. The average molecular weight is 347 g/mol. The number of nitriles is 1. The van der Waals surface area contributed by atoms with Gasteiger partial charge in [0.05, 0.1) is 12.0 Å². The molecule has 1 heterocycles. The van der Waals surface area contributed by atoms with E-state index in [1.165, 1.54) is 16.4 Å². The van der Waals surface area contributed by atoms with Gasteiger partial charge >= 0.3 is 0 Å². The maximum atomic E-state index is 13.8. The highest BCUT2D eigenvalue weighted by Gasteiger charge is 2.32. The quantitative estimate of drug-likeness (QED) is 0.826. The van der Waals surface area contributed by atoms with Crippen LogP contribution >= 0.6 is 15.9 Å². The molecule has 0 aromatic heterocycles. The number of rotatable bonds is 2. The van der Waals surface area contributed by atoms with Crippen LogP contribution in [0.25, 0.3) is 0 Å². The number of piperidine rings is 1. The SMILES string of the molecule is N#CC1CCCN(S(=O)(=O)c2ccc(Br)cc2F)C1. The second-order valence-electron chi connectivity index (χ2n) is 4.41. The van der Waals surface area contributed by atoms with Gasteiger partial charge < -0.3 is 0 Å². The molecule has 2 rings (SSSR count). The zero-order valence-corrected chi connectivity index (χ0v) is 12.4. The van der Waals surface area contributed by atoms with Crippen LogP contribution in [0.3, 0.4) is 0 Å². The predicted molar refractivity (Wildman–Crippen MR) is 71.2 cm³/mol. The van der Waals surface area contributed by atoms with E-state index < -0.39 is 15.8 Å². The van der Waals surface area contributed by atoms with Gasteiger partial charge in [0.2, 0.25) is 10.0 Å². The highest BCUT2D eigenvalue weighted by atomic mass is 79.9. The molecule has 1 fully saturated rings. The first-order valence-corrected chi connectivity index (χ1v) is 8.03. The van der Waals surface area contributed by atoms with Crippen molar-refractivity contribution >= 4 is 26.0 Å². The fourth-order valence-electron chi connectivity index (χ4n) is 2.09. The number of hydrogen-bond donors (Lipinski definition) is 0. The van der Waals surface area contributed by atoms with Crippen LogP contribution in [0.1, 0.15) is 12.8 Å². The van der Waals surface area contributed by atoms with Crippen molar-refractivity contribution in [3.63, 3.8) is 0 Å².